The van der Waals surface area contributed by atoms with Crippen LogP contribution in [0.4, 0.5) is 11.5 Å². The highest BCUT2D eigenvalue weighted by molar-refractivity contribution is 7.98. The van der Waals surface area contributed by atoms with Crippen LogP contribution in [0.2, 0.25) is 0 Å². The predicted molar refractivity (Wildman–Crippen MR) is 72.1 cm³/mol. The third kappa shape index (κ3) is 2.98. The van der Waals surface area contributed by atoms with Gasteiger partial charge in [-0.25, -0.2) is 9.97 Å². The number of hydrogen-bond acceptors (Lipinski definition) is 5. The average molecular weight is 260 g/mol. The van der Waals surface area contributed by atoms with Crippen LogP contribution in [0.25, 0.3) is 0 Å². The zero-order valence-corrected chi connectivity index (χ0v) is 10.4. The minimum Gasteiger partial charge on any atom is -0.382 e. The summed E-state index contributed by atoms with van der Waals surface area (Å²) >= 11 is 1.50. The van der Waals surface area contributed by atoms with Crippen molar-refractivity contribution in [2.75, 3.05) is 11.1 Å². The van der Waals surface area contributed by atoms with Gasteiger partial charge in [-0.05, 0) is 5.56 Å². The molecule has 0 aliphatic heterocycles. The van der Waals surface area contributed by atoms with Gasteiger partial charge in [0.2, 0.25) is 6.41 Å². The van der Waals surface area contributed by atoms with Crippen molar-refractivity contribution >= 4 is 29.7 Å². The average Bonchev–Trinajstić information content (AvgIpc) is 2.41. The molecule has 0 saturated carbocycles. The van der Waals surface area contributed by atoms with Crippen molar-refractivity contribution in [2.45, 2.75) is 10.8 Å². The largest absolute Gasteiger partial charge is 0.382 e. The number of anilines is 2. The lowest BCUT2D eigenvalue weighted by molar-refractivity contribution is -0.105. The highest BCUT2D eigenvalue weighted by atomic mass is 32.2. The maximum absolute atomic E-state index is 10.5. The summed E-state index contributed by atoms with van der Waals surface area (Å²) in [7, 11) is 0. The normalized spacial score (nSPS) is 10.0. The first-order chi connectivity index (χ1) is 8.81. The van der Waals surface area contributed by atoms with Crippen LogP contribution in [0.3, 0.4) is 0 Å². The first-order valence-corrected chi connectivity index (χ1v) is 6.27. The Kier molecular flexibility index (Phi) is 4.14. The van der Waals surface area contributed by atoms with Gasteiger partial charge < -0.3 is 11.1 Å². The van der Waals surface area contributed by atoms with Gasteiger partial charge in [0.25, 0.3) is 0 Å². The van der Waals surface area contributed by atoms with E-state index in [1.807, 2.05) is 30.3 Å². The molecule has 0 spiro atoms. The quantitative estimate of drug-likeness (QED) is 0.487. The molecule has 6 heteroatoms. The molecule has 0 aliphatic rings. The van der Waals surface area contributed by atoms with Crippen molar-refractivity contribution in [1.82, 2.24) is 9.97 Å². The van der Waals surface area contributed by atoms with E-state index in [1.54, 1.807) is 0 Å². The minimum atomic E-state index is 0.271. The lowest BCUT2D eigenvalue weighted by atomic mass is 10.2. The first kappa shape index (κ1) is 12.4. The number of thioether (sulfide) groups is 1. The van der Waals surface area contributed by atoms with Gasteiger partial charge in [0, 0.05) is 5.75 Å². The number of carbonyl (C=O) groups excluding carboxylic acids is 1. The van der Waals surface area contributed by atoms with Crippen LogP contribution in [-0.2, 0) is 10.5 Å². The lowest BCUT2D eigenvalue weighted by Gasteiger charge is -2.08. The Bertz CT molecular complexity index is 533. The fourth-order valence-electron chi connectivity index (χ4n) is 1.41. The summed E-state index contributed by atoms with van der Waals surface area (Å²) in [6, 6.07) is 9.99. The maximum atomic E-state index is 10.5. The first-order valence-electron chi connectivity index (χ1n) is 5.28. The van der Waals surface area contributed by atoms with Gasteiger partial charge in [-0.15, -0.1) is 0 Å². The van der Waals surface area contributed by atoms with Crippen molar-refractivity contribution in [3.63, 3.8) is 0 Å². The fourth-order valence-corrected chi connectivity index (χ4v) is 2.34. The molecule has 5 nitrogen and oxygen atoms in total. The van der Waals surface area contributed by atoms with E-state index in [1.165, 1.54) is 23.7 Å². The van der Waals surface area contributed by atoms with Crippen molar-refractivity contribution in [2.24, 2.45) is 0 Å². The van der Waals surface area contributed by atoms with Crippen molar-refractivity contribution < 1.29 is 4.79 Å². The van der Waals surface area contributed by atoms with Crippen molar-refractivity contribution in [1.29, 1.82) is 0 Å². The highest BCUT2D eigenvalue weighted by Gasteiger charge is 2.09. The fraction of sp³-hybridized carbons (Fsp3) is 0.0833. The van der Waals surface area contributed by atoms with E-state index in [-0.39, 0.29) is 5.82 Å². The Labute approximate surface area is 109 Å². The van der Waals surface area contributed by atoms with E-state index >= 15 is 0 Å². The zero-order valence-electron chi connectivity index (χ0n) is 9.54. The Balaban J connectivity index is 2.14. The summed E-state index contributed by atoms with van der Waals surface area (Å²) in [6.45, 7) is 0. The zero-order chi connectivity index (χ0) is 12.8. The smallest absolute Gasteiger partial charge is 0.211 e. The standard InChI is InChI=1S/C12H12N4OS/c13-11-10(16-8-17)12(15-7-14-11)18-6-9-4-2-1-3-5-9/h1-5,7-8H,6H2,(H,16,17)(H2,13,14,15). The second-order valence-corrected chi connectivity index (χ2v) is 4.44. The van der Waals surface area contributed by atoms with Gasteiger partial charge in [0.05, 0.1) is 0 Å². The third-order valence-electron chi connectivity index (χ3n) is 2.26. The monoisotopic (exact) mass is 260 g/mol. The van der Waals surface area contributed by atoms with E-state index in [4.69, 9.17) is 5.73 Å². The lowest BCUT2D eigenvalue weighted by Crippen LogP contribution is -2.04. The molecule has 1 amide bonds. The minimum absolute atomic E-state index is 0.271. The molecule has 0 saturated heterocycles. The molecular formula is C12H12N4OS. The Hall–Kier alpha value is -2.08. The molecule has 1 aromatic carbocycles. The number of amides is 1. The molecule has 3 N–H and O–H groups in total. The van der Waals surface area contributed by atoms with E-state index in [0.29, 0.717) is 17.1 Å². The molecule has 0 radical (unpaired) electrons. The summed E-state index contributed by atoms with van der Waals surface area (Å²) in [4.78, 5) is 18.5. The SMILES string of the molecule is Nc1ncnc(SCc2ccccc2)c1NC=O. The number of benzene rings is 1. The number of hydrogen-bond donors (Lipinski definition) is 2. The summed E-state index contributed by atoms with van der Waals surface area (Å²) in [5.74, 6) is 1.03. The van der Waals surface area contributed by atoms with Gasteiger partial charge in [-0.1, -0.05) is 42.1 Å². The number of nitrogens with zero attached hydrogens (tertiary/aromatic N) is 2. The summed E-state index contributed by atoms with van der Waals surface area (Å²) in [6.07, 6.45) is 1.96. The molecule has 0 atom stereocenters. The number of carbonyl (C=O) groups is 1. The Morgan fingerprint density at radius 3 is 2.78 bits per heavy atom. The molecule has 18 heavy (non-hydrogen) atoms. The van der Waals surface area contributed by atoms with Crippen molar-refractivity contribution in [3.8, 4) is 0 Å². The predicted octanol–water partition coefficient (Wildman–Crippen LogP) is 1.92. The molecule has 0 fully saturated rings. The van der Waals surface area contributed by atoms with Gasteiger partial charge in [-0.2, -0.15) is 0 Å². The van der Waals surface area contributed by atoms with Gasteiger partial charge in [0.15, 0.2) is 5.82 Å². The summed E-state index contributed by atoms with van der Waals surface area (Å²) in [5, 5.41) is 3.19. The highest BCUT2D eigenvalue weighted by Crippen LogP contribution is 2.30. The van der Waals surface area contributed by atoms with Crippen molar-refractivity contribution in [3.05, 3.63) is 42.2 Å². The second-order valence-electron chi connectivity index (χ2n) is 3.48. The number of rotatable bonds is 5. The van der Waals surface area contributed by atoms with E-state index in [2.05, 4.69) is 15.3 Å². The van der Waals surface area contributed by atoms with E-state index in [9.17, 15) is 4.79 Å². The summed E-state index contributed by atoms with van der Waals surface area (Å²) in [5.41, 5.74) is 7.33. The van der Waals surface area contributed by atoms with Crippen LogP contribution in [0.5, 0.6) is 0 Å². The molecule has 0 unspecified atom stereocenters. The van der Waals surface area contributed by atoms with Crippen LogP contribution in [0, 0.1) is 0 Å². The van der Waals surface area contributed by atoms with E-state index < -0.39 is 0 Å². The molecule has 92 valence electrons. The summed E-state index contributed by atoms with van der Waals surface area (Å²) < 4.78 is 0. The van der Waals surface area contributed by atoms with Gasteiger partial charge >= 0.3 is 0 Å². The molecular weight excluding hydrogens is 248 g/mol. The molecule has 2 aromatic rings. The van der Waals surface area contributed by atoms with Crippen LogP contribution >= 0.6 is 11.8 Å². The number of nitrogens with two attached hydrogens (primary N) is 1. The molecule has 1 aromatic heterocycles. The molecule has 0 bridgehead atoms. The number of aromatic nitrogens is 2. The van der Waals surface area contributed by atoms with Crippen LogP contribution in [-0.4, -0.2) is 16.4 Å². The number of nitrogens with one attached hydrogen (secondary N) is 1. The van der Waals surface area contributed by atoms with Gasteiger partial charge in [0.1, 0.15) is 17.0 Å². The molecule has 0 aliphatic carbocycles. The molecule has 1 heterocycles. The number of nitrogen functional groups attached to an aromatic ring is 1. The Morgan fingerprint density at radius 2 is 2.06 bits per heavy atom. The van der Waals surface area contributed by atoms with Crippen LogP contribution in [0.1, 0.15) is 5.56 Å². The second kappa shape index (κ2) is 6.02. The van der Waals surface area contributed by atoms with Crippen LogP contribution in [0.15, 0.2) is 41.7 Å². The topological polar surface area (TPSA) is 80.9 Å². The van der Waals surface area contributed by atoms with E-state index in [0.717, 1.165) is 5.75 Å². The Morgan fingerprint density at radius 1 is 1.28 bits per heavy atom. The maximum Gasteiger partial charge on any atom is 0.211 e. The van der Waals surface area contributed by atoms with Crippen LogP contribution < -0.4 is 11.1 Å². The van der Waals surface area contributed by atoms with Gasteiger partial charge in [-0.3, -0.25) is 4.79 Å². The molecule has 2 rings (SSSR count). The third-order valence-corrected chi connectivity index (χ3v) is 3.32.